The molecule has 0 fully saturated rings. The van der Waals surface area contributed by atoms with Crippen molar-refractivity contribution in [3.63, 3.8) is 0 Å². The second-order valence-corrected chi connectivity index (χ2v) is 12.9. The van der Waals surface area contributed by atoms with Crippen LogP contribution in [0.25, 0.3) is 66.2 Å². The summed E-state index contributed by atoms with van der Waals surface area (Å²) in [5.74, 6) is 0.733. The summed E-state index contributed by atoms with van der Waals surface area (Å²) < 4.78 is 0. The van der Waals surface area contributed by atoms with Gasteiger partial charge in [-0.3, -0.25) is 0 Å². The van der Waals surface area contributed by atoms with Gasteiger partial charge in [0.25, 0.3) is 0 Å². The molecule has 2 nitrogen and oxygen atoms in total. The molecule has 8 aromatic carbocycles. The molecule has 0 bridgehead atoms. The molecule has 0 amide bonds. The van der Waals surface area contributed by atoms with E-state index in [-0.39, 0.29) is 0 Å². The van der Waals surface area contributed by atoms with Gasteiger partial charge in [0.2, 0.25) is 0 Å². The molecule has 1 aliphatic rings. The van der Waals surface area contributed by atoms with Gasteiger partial charge in [-0.05, 0) is 50.2 Å². The molecule has 49 heavy (non-hydrogen) atoms. The van der Waals surface area contributed by atoms with Crippen LogP contribution in [0.3, 0.4) is 0 Å². The molecule has 0 unspecified atom stereocenters. The predicted molar refractivity (Wildman–Crippen MR) is 203 cm³/mol. The van der Waals surface area contributed by atoms with Crippen LogP contribution in [0, 0.1) is 0 Å². The minimum atomic E-state index is -0.481. The number of fused-ring (bicyclic) bond motifs is 8. The van der Waals surface area contributed by atoms with Gasteiger partial charge in [0.05, 0.1) is 16.6 Å². The van der Waals surface area contributed by atoms with Crippen LogP contribution in [0.1, 0.15) is 22.3 Å². The Morgan fingerprint density at radius 3 is 1.78 bits per heavy atom. The fraction of sp³-hybridized carbons (Fsp3) is 0.0213. The zero-order valence-corrected chi connectivity index (χ0v) is 26.7. The zero-order chi connectivity index (χ0) is 32.4. The number of rotatable bonds is 4. The van der Waals surface area contributed by atoms with Crippen molar-refractivity contribution < 1.29 is 0 Å². The Morgan fingerprint density at radius 1 is 0.388 bits per heavy atom. The van der Waals surface area contributed by atoms with E-state index in [9.17, 15) is 0 Å². The molecule has 0 radical (unpaired) electrons. The van der Waals surface area contributed by atoms with E-state index in [1.165, 1.54) is 49.5 Å². The number of aromatic nitrogens is 2. The molecule has 0 atom stereocenters. The number of hydrogen-bond donors (Lipinski definition) is 0. The van der Waals surface area contributed by atoms with Gasteiger partial charge in [-0.15, -0.1) is 0 Å². The van der Waals surface area contributed by atoms with Crippen LogP contribution in [0.2, 0.25) is 0 Å². The lowest BCUT2D eigenvalue weighted by atomic mass is 9.67. The van der Waals surface area contributed by atoms with Gasteiger partial charge in [0.1, 0.15) is 0 Å². The smallest absolute Gasteiger partial charge is 0.161 e. The number of benzene rings is 8. The lowest BCUT2D eigenvalue weighted by molar-refractivity contribution is 0.769. The van der Waals surface area contributed by atoms with Crippen molar-refractivity contribution >= 4 is 32.4 Å². The van der Waals surface area contributed by atoms with Crippen molar-refractivity contribution in [3.05, 3.63) is 204 Å². The monoisotopic (exact) mass is 622 g/mol. The maximum atomic E-state index is 5.43. The molecule has 0 aliphatic heterocycles. The second kappa shape index (κ2) is 10.8. The Kier molecular flexibility index (Phi) is 6.13. The summed E-state index contributed by atoms with van der Waals surface area (Å²) in [6, 6.07) is 65.5. The lowest BCUT2D eigenvalue weighted by Crippen LogP contribution is -2.28. The first-order valence-corrected chi connectivity index (χ1v) is 16.8. The fourth-order valence-corrected chi connectivity index (χ4v) is 8.30. The van der Waals surface area contributed by atoms with E-state index in [1.807, 2.05) is 0 Å². The number of hydrogen-bond acceptors (Lipinski definition) is 2. The topological polar surface area (TPSA) is 25.8 Å². The quantitative estimate of drug-likeness (QED) is 0.183. The highest BCUT2D eigenvalue weighted by Crippen LogP contribution is 2.58. The van der Waals surface area contributed by atoms with Gasteiger partial charge in [-0.1, -0.05) is 176 Å². The van der Waals surface area contributed by atoms with Crippen LogP contribution in [-0.4, -0.2) is 9.97 Å². The SMILES string of the molecule is c1ccc(-c2nc(-c3cccc4ccc5c(c34)-c3ccccc3C5(c3ccccc3)c3ccccc3)nc3c2ccc2ccccc23)cc1. The van der Waals surface area contributed by atoms with E-state index in [1.54, 1.807) is 0 Å². The molecular weight excluding hydrogens is 593 g/mol. The molecule has 1 aromatic heterocycles. The summed E-state index contributed by atoms with van der Waals surface area (Å²) in [6.07, 6.45) is 0. The molecule has 2 heteroatoms. The standard InChI is InChI=1S/C47H30N2/c1-4-16-33(17-5-1)44-39-29-27-31-15-10-11-23-36(31)45(39)49-46(48-44)38-25-14-18-32-28-30-41-43(42(32)38)37-24-12-13-26-40(37)47(41,34-19-6-2-7-20-34)35-21-8-3-9-22-35/h1-30H. The van der Waals surface area contributed by atoms with Crippen LogP contribution in [0.5, 0.6) is 0 Å². The highest BCUT2D eigenvalue weighted by atomic mass is 14.9. The van der Waals surface area contributed by atoms with Gasteiger partial charge < -0.3 is 0 Å². The molecular formula is C47H30N2. The summed E-state index contributed by atoms with van der Waals surface area (Å²) in [7, 11) is 0. The second-order valence-electron chi connectivity index (χ2n) is 12.9. The van der Waals surface area contributed by atoms with E-state index in [0.717, 1.165) is 38.9 Å². The van der Waals surface area contributed by atoms with Gasteiger partial charge >= 0.3 is 0 Å². The number of nitrogens with zero attached hydrogens (tertiary/aromatic N) is 2. The Labute approximate surface area is 285 Å². The summed E-state index contributed by atoms with van der Waals surface area (Å²) in [4.78, 5) is 10.9. The van der Waals surface area contributed by atoms with E-state index >= 15 is 0 Å². The van der Waals surface area contributed by atoms with Crippen molar-refractivity contribution in [1.82, 2.24) is 9.97 Å². The lowest BCUT2D eigenvalue weighted by Gasteiger charge is -2.34. The molecule has 10 rings (SSSR count). The van der Waals surface area contributed by atoms with Gasteiger partial charge in [-0.25, -0.2) is 9.97 Å². The summed E-state index contributed by atoms with van der Waals surface area (Å²) in [6.45, 7) is 0. The summed E-state index contributed by atoms with van der Waals surface area (Å²) in [5.41, 5.74) is 11.1. The normalized spacial score (nSPS) is 13.1. The Morgan fingerprint density at radius 2 is 1.00 bits per heavy atom. The molecule has 0 spiro atoms. The van der Waals surface area contributed by atoms with Gasteiger partial charge in [-0.2, -0.15) is 0 Å². The van der Waals surface area contributed by atoms with Gasteiger partial charge in [0.15, 0.2) is 5.82 Å². The van der Waals surface area contributed by atoms with E-state index in [2.05, 4.69) is 182 Å². The minimum absolute atomic E-state index is 0.481. The molecule has 0 saturated heterocycles. The van der Waals surface area contributed by atoms with Crippen molar-refractivity contribution in [3.8, 4) is 33.8 Å². The van der Waals surface area contributed by atoms with Crippen LogP contribution >= 0.6 is 0 Å². The van der Waals surface area contributed by atoms with Crippen molar-refractivity contribution in [2.24, 2.45) is 0 Å². The first-order chi connectivity index (χ1) is 24.3. The molecule has 228 valence electrons. The first kappa shape index (κ1) is 27.7. The maximum absolute atomic E-state index is 5.43. The third kappa shape index (κ3) is 4.01. The van der Waals surface area contributed by atoms with Crippen LogP contribution in [-0.2, 0) is 5.41 Å². The highest BCUT2D eigenvalue weighted by molar-refractivity contribution is 6.13. The third-order valence-electron chi connectivity index (χ3n) is 10.3. The van der Waals surface area contributed by atoms with Crippen LogP contribution in [0.15, 0.2) is 182 Å². The third-order valence-corrected chi connectivity index (χ3v) is 10.3. The average Bonchev–Trinajstić information content (AvgIpc) is 3.49. The Balaban J connectivity index is 1.35. The van der Waals surface area contributed by atoms with Gasteiger partial charge in [0, 0.05) is 27.3 Å². The molecule has 1 aliphatic carbocycles. The maximum Gasteiger partial charge on any atom is 0.161 e. The zero-order valence-electron chi connectivity index (χ0n) is 26.7. The molecule has 9 aromatic rings. The van der Waals surface area contributed by atoms with Crippen LogP contribution < -0.4 is 0 Å². The highest BCUT2D eigenvalue weighted by Gasteiger charge is 2.46. The Hall–Kier alpha value is -6.38. The van der Waals surface area contributed by atoms with Crippen molar-refractivity contribution in [2.45, 2.75) is 5.41 Å². The fourth-order valence-electron chi connectivity index (χ4n) is 8.30. The first-order valence-electron chi connectivity index (χ1n) is 16.8. The van der Waals surface area contributed by atoms with E-state index in [0.29, 0.717) is 0 Å². The molecule has 0 N–H and O–H groups in total. The summed E-state index contributed by atoms with van der Waals surface area (Å²) >= 11 is 0. The average molecular weight is 623 g/mol. The van der Waals surface area contributed by atoms with Crippen molar-refractivity contribution in [1.29, 1.82) is 0 Å². The van der Waals surface area contributed by atoms with E-state index in [4.69, 9.17) is 9.97 Å². The largest absolute Gasteiger partial charge is 0.227 e. The molecule has 0 saturated carbocycles. The minimum Gasteiger partial charge on any atom is -0.227 e. The molecule has 1 heterocycles. The van der Waals surface area contributed by atoms with E-state index < -0.39 is 5.41 Å². The van der Waals surface area contributed by atoms with Crippen molar-refractivity contribution in [2.75, 3.05) is 0 Å². The van der Waals surface area contributed by atoms with Crippen LogP contribution in [0.4, 0.5) is 0 Å². The Bertz CT molecular complexity index is 2660. The predicted octanol–water partition coefficient (Wildman–Crippen LogP) is 11.6. The summed E-state index contributed by atoms with van der Waals surface area (Å²) in [5, 5.41) is 5.70.